The predicted molar refractivity (Wildman–Crippen MR) is 145 cm³/mol. The largest absolute Gasteiger partial charge is 0.343 e. The molecule has 0 aliphatic heterocycles. The topological polar surface area (TPSA) is 171 Å². The molecular formula is C25H36N6O6S2. The number of hydrogen-bond acceptors (Lipinski definition) is 9. The molecule has 1 aliphatic rings. The molecule has 4 N–H and O–H groups in total. The molecule has 12 nitrogen and oxygen atoms in total. The number of hydroxylamine groups is 2. The number of nitrogens with zero attached hydrogens (tertiary/aromatic N) is 3. The summed E-state index contributed by atoms with van der Waals surface area (Å²) in [5.41, 5.74) is 0. The van der Waals surface area contributed by atoms with Crippen molar-refractivity contribution in [2.24, 2.45) is 17.8 Å². The number of aromatic nitrogens is 2. The van der Waals surface area contributed by atoms with E-state index in [2.05, 4.69) is 25.3 Å². The Balaban J connectivity index is 1.85. The first-order chi connectivity index (χ1) is 18.6. The van der Waals surface area contributed by atoms with E-state index in [-0.39, 0.29) is 28.4 Å². The van der Waals surface area contributed by atoms with E-state index in [0.29, 0.717) is 11.5 Å². The number of pyridine rings is 1. The molecule has 3 rings (SSSR count). The number of rotatable bonds is 14. The van der Waals surface area contributed by atoms with E-state index in [0.717, 1.165) is 32.1 Å². The fraction of sp³-hybridized carbons (Fsp3) is 0.560. The molecule has 2 heterocycles. The zero-order valence-electron chi connectivity index (χ0n) is 22.0. The normalized spacial score (nSPS) is 16.7. The Bertz CT molecular complexity index is 1170. The van der Waals surface area contributed by atoms with Gasteiger partial charge in [0, 0.05) is 24.3 Å². The number of thiazole rings is 1. The second-order valence-electron chi connectivity index (χ2n) is 9.97. The summed E-state index contributed by atoms with van der Waals surface area (Å²) in [7, 11) is -4.08. The lowest BCUT2D eigenvalue weighted by Gasteiger charge is -2.36. The van der Waals surface area contributed by atoms with Crippen molar-refractivity contribution in [1.82, 2.24) is 25.1 Å². The lowest BCUT2D eigenvalue weighted by molar-refractivity contribution is -0.174. The summed E-state index contributed by atoms with van der Waals surface area (Å²) in [6, 6.07) is 2.26. The molecule has 0 bridgehead atoms. The molecule has 2 aromatic rings. The highest BCUT2D eigenvalue weighted by Crippen LogP contribution is 2.33. The van der Waals surface area contributed by atoms with Crippen LogP contribution >= 0.6 is 11.3 Å². The molecule has 39 heavy (non-hydrogen) atoms. The second-order valence-corrected chi connectivity index (χ2v) is 12.6. The van der Waals surface area contributed by atoms with E-state index in [1.807, 2.05) is 0 Å². The zero-order chi connectivity index (χ0) is 28.4. The average Bonchev–Trinajstić information content (AvgIpc) is 3.44. The molecule has 0 spiro atoms. The Morgan fingerprint density at radius 2 is 1.90 bits per heavy atom. The number of nitrogens with one attached hydrogen (secondary N) is 3. The van der Waals surface area contributed by atoms with Gasteiger partial charge in [-0.1, -0.05) is 52.0 Å². The van der Waals surface area contributed by atoms with Crippen LogP contribution in [0.2, 0.25) is 0 Å². The third-order valence-corrected chi connectivity index (χ3v) is 8.87. The van der Waals surface area contributed by atoms with Crippen LogP contribution < -0.4 is 15.4 Å². The smallest absolute Gasteiger partial charge is 0.258 e. The minimum absolute atomic E-state index is 0.223. The molecule has 0 aromatic carbocycles. The number of amides is 3. The molecule has 2 aromatic heterocycles. The summed E-state index contributed by atoms with van der Waals surface area (Å²) in [5.74, 6) is -2.11. The van der Waals surface area contributed by atoms with Gasteiger partial charge in [-0.2, -0.15) is 0 Å². The van der Waals surface area contributed by atoms with Gasteiger partial charge in [-0.3, -0.25) is 19.6 Å². The third-order valence-electron chi connectivity index (χ3n) is 6.84. The molecule has 1 aliphatic carbocycles. The van der Waals surface area contributed by atoms with Gasteiger partial charge in [0.25, 0.3) is 10.0 Å². The van der Waals surface area contributed by atoms with E-state index in [1.165, 1.54) is 35.9 Å². The second kappa shape index (κ2) is 14.4. The van der Waals surface area contributed by atoms with Crippen LogP contribution in [0.1, 0.15) is 52.4 Å². The highest BCUT2D eigenvalue weighted by Gasteiger charge is 2.38. The maximum absolute atomic E-state index is 13.7. The Morgan fingerprint density at radius 1 is 1.15 bits per heavy atom. The van der Waals surface area contributed by atoms with Gasteiger partial charge >= 0.3 is 0 Å². The van der Waals surface area contributed by atoms with E-state index in [1.54, 1.807) is 25.3 Å². The van der Waals surface area contributed by atoms with Gasteiger partial charge in [-0.05, 0) is 30.4 Å². The fourth-order valence-electron chi connectivity index (χ4n) is 4.95. The molecule has 214 valence electrons. The summed E-state index contributed by atoms with van der Waals surface area (Å²) in [6.07, 6.45) is 8.58. The van der Waals surface area contributed by atoms with Crippen molar-refractivity contribution in [3.8, 4) is 0 Å². The summed E-state index contributed by atoms with van der Waals surface area (Å²) in [4.78, 5) is 46.3. The number of carbonyl (C=O) groups excluding carboxylic acids is 3. The number of sulfonamides is 1. The predicted octanol–water partition coefficient (Wildman–Crippen LogP) is 2.40. The van der Waals surface area contributed by atoms with Gasteiger partial charge in [0.05, 0.1) is 12.0 Å². The van der Waals surface area contributed by atoms with Crippen LogP contribution in [0.25, 0.3) is 0 Å². The maximum atomic E-state index is 13.7. The summed E-state index contributed by atoms with van der Waals surface area (Å²) < 4.78 is 27.9. The van der Waals surface area contributed by atoms with Gasteiger partial charge < -0.3 is 10.6 Å². The third kappa shape index (κ3) is 8.78. The Kier molecular flexibility index (Phi) is 11.3. The quantitative estimate of drug-likeness (QED) is 0.150. The lowest BCUT2D eigenvalue weighted by atomic mass is 9.77. The van der Waals surface area contributed by atoms with Crippen molar-refractivity contribution in [3.63, 3.8) is 0 Å². The maximum Gasteiger partial charge on any atom is 0.258 e. The molecule has 0 saturated heterocycles. The van der Waals surface area contributed by atoms with Crippen LogP contribution in [0.15, 0.2) is 41.0 Å². The Morgan fingerprint density at radius 3 is 2.49 bits per heavy atom. The first-order valence-electron chi connectivity index (χ1n) is 13.0. The minimum atomic E-state index is -4.08. The van der Waals surface area contributed by atoms with Crippen molar-refractivity contribution < 1.29 is 28.0 Å². The van der Waals surface area contributed by atoms with Crippen molar-refractivity contribution in [2.45, 2.75) is 69.5 Å². The number of carbonyl (C=O) groups is 3. The summed E-state index contributed by atoms with van der Waals surface area (Å²) in [5, 5.41) is 17.9. The van der Waals surface area contributed by atoms with Crippen LogP contribution in [-0.4, -0.2) is 65.5 Å². The molecule has 1 saturated carbocycles. The van der Waals surface area contributed by atoms with Crippen molar-refractivity contribution in [1.29, 1.82) is 0 Å². The van der Waals surface area contributed by atoms with E-state index < -0.39 is 46.4 Å². The molecule has 0 unspecified atom stereocenters. The highest BCUT2D eigenvalue weighted by molar-refractivity contribution is 7.89. The van der Waals surface area contributed by atoms with E-state index in [9.17, 15) is 28.0 Å². The van der Waals surface area contributed by atoms with Crippen molar-refractivity contribution in [2.75, 3.05) is 11.9 Å². The van der Waals surface area contributed by atoms with Crippen LogP contribution in [0.4, 0.5) is 5.13 Å². The van der Waals surface area contributed by atoms with Crippen molar-refractivity contribution in [3.05, 3.63) is 36.0 Å². The lowest BCUT2D eigenvalue weighted by Crippen LogP contribution is -2.55. The van der Waals surface area contributed by atoms with Gasteiger partial charge in [0.1, 0.15) is 6.04 Å². The van der Waals surface area contributed by atoms with Crippen molar-refractivity contribution >= 4 is 44.7 Å². The monoisotopic (exact) mass is 580 g/mol. The number of anilines is 1. The Hall–Kier alpha value is -2.94. The highest BCUT2D eigenvalue weighted by atomic mass is 32.2. The van der Waals surface area contributed by atoms with Crippen LogP contribution in [0.5, 0.6) is 0 Å². The van der Waals surface area contributed by atoms with Gasteiger partial charge in [0.15, 0.2) is 10.2 Å². The minimum Gasteiger partial charge on any atom is -0.343 e. The van der Waals surface area contributed by atoms with Gasteiger partial charge in [-0.25, -0.2) is 28.2 Å². The first-order valence-corrected chi connectivity index (χ1v) is 15.3. The number of hydrogen-bond donors (Lipinski definition) is 4. The van der Waals surface area contributed by atoms with Gasteiger partial charge in [-0.15, -0.1) is 11.3 Å². The first kappa shape index (κ1) is 30.6. The Labute approximate surface area is 232 Å². The van der Waals surface area contributed by atoms with E-state index in [4.69, 9.17) is 0 Å². The zero-order valence-corrected chi connectivity index (χ0v) is 23.7. The van der Waals surface area contributed by atoms with Gasteiger partial charge in [0.2, 0.25) is 18.2 Å². The summed E-state index contributed by atoms with van der Waals surface area (Å²) >= 11 is 1.17. The molecule has 1 fully saturated rings. The molecule has 3 atom stereocenters. The molecular weight excluding hydrogens is 544 g/mol. The molecule has 14 heteroatoms. The fourth-order valence-corrected chi connectivity index (χ4v) is 6.47. The average molecular weight is 581 g/mol. The molecule has 0 radical (unpaired) electrons. The SMILES string of the molecule is CC(C)[C@@H]([C@@H](CC1CCCCC1)C(=O)N[C@@H](CNS(=O)(=O)c1ccccn1)C(=O)Nc1nccs1)N(O)C=O. The standard InChI is InChI=1S/C25H36N6O6S2/c1-17(2)22(31(35)16-32)19(14-18-8-4-3-5-9-18)23(33)29-20(24(34)30-25-27-12-13-38-25)15-28-39(36,37)21-10-6-7-11-26-21/h6-7,10-13,16-20,22,28,35H,3-5,8-9,14-15H2,1-2H3,(H,29,33)(H,27,30,34)/t19-,20+,22+/m1/s1. The van der Waals surface area contributed by atoms with Crippen LogP contribution in [0.3, 0.4) is 0 Å². The molecule has 3 amide bonds. The van der Waals surface area contributed by atoms with Crippen LogP contribution in [-0.2, 0) is 24.4 Å². The van der Waals surface area contributed by atoms with E-state index >= 15 is 0 Å². The van der Waals surface area contributed by atoms with Crippen LogP contribution in [0, 0.1) is 17.8 Å². The summed E-state index contributed by atoms with van der Waals surface area (Å²) in [6.45, 7) is 3.14.